The Labute approximate surface area is 151 Å². The van der Waals surface area contributed by atoms with Crippen LogP contribution in [0.25, 0.3) is 0 Å². The number of esters is 1. The number of hydrogen-bond acceptors (Lipinski definition) is 5. The Morgan fingerprint density at radius 1 is 1.16 bits per heavy atom. The molecule has 0 spiro atoms. The van der Waals surface area contributed by atoms with Crippen LogP contribution in [0.3, 0.4) is 0 Å². The molecular formula is C19H20N2O3S. The molecular weight excluding hydrogens is 336 g/mol. The molecule has 0 saturated carbocycles. The summed E-state index contributed by atoms with van der Waals surface area (Å²) >= 11 is 1.55. The number of rotatable bonds is 7. The van der Waals surface area contributed by atoms with Gasteiger partial charge in [-0.25, -0.2) is 10.2 Å². The third-order valence-electron chi connectivity index (χ3n) is 3.43. The van der Waals surface area contributed by atoms with Gasteiger partial charge < -0.3 is 4.74 Å². The highest BCUT2D eigenvalue weighted by Gasteiger charge is 2.12. The van der Waals surface area contributed by atoms with Crippen LogP contribution in [-0.2, 0) is 15.3 Å². The SMILES string of the molecule is COC(=O)c1ccc(C=NNC(=O)C(C)SCc2ccccc2)cc1. The van der Waals surface area contributed by atoms with Gasteiger partial charge in [0.15, 0.2) is 0 Å². The Morgan fingerprint density at radius 2 is 1.84 bits per heavy atom. The fourth-order valence-electron chi connectivity index (χ4n) is 1.96. The largest absolute Gasteiger partial charge is 0.465 e. The second kappa shape index (κ2) is 9.64. The van der Waals surface area contributed by atoms with E-state index < -0.39 is 0 Å². The van der Waals surface area contributed by atoms with Gasteiger partial charge in [-0.1, -0.05) is 42.5 Å². The third kappa shape index (κ3) is 6.08. The molecule has 0 fully saturated rings. The Morgan fingerprint density at radius 3 is 2.48 bits per heavy atom. The van der Waals surface area contributed by atoms with Gasteiger partial charge in [-0.05, 0) is 30.2 Å². The van der Waals surface area contributed by atoms with Crippen LogP contribution in [0.1, 0.15) is 28.4 Å². The monoisotopic (exact) mass is 356 g/mol. The van der Waals surface area contributed by atoms with Crippen molar-refractivity contribution in [2.75, 3.05) is 7.11 Å². The van der Waals surface area contributed by atoms with Crippen molar-refractivity contribution in [3.63, 3.8) is 0 Å². The average molecular weight is 356 g/mol. The molecule has 6 heteroatoms. The Bertz CT molecular complexity index is 730. The van der Waals surface area contributed by atoms with E-state index in [1.54, 1.807) is 36.0 Å². The maximum absolute atomic E-state index is 12.0. The van der Waals surface area contributed by atoms with E-state index in [-0.39, 0.29) is 17.1 Å². The lowest BCUT2D eigenvalue weighted by molar-refractivity contribution is -0.120. The second-order valence-corrected chi connectivity index (χ2v) is 6.62. The van der Waals surface area contributed by atoms with E-state index in [2.05, 4.69) is 15.3 Å². The number of hydrazone groups is 1. The molecule has 130 valence electrons. The number of carbonyl (C=O) groups excluding carboxylic acids is 2. The number of carbonyl (C=O) groups is 2. The van der Waals surface area contributed by atoms with Crippen LogP contribution in [-0.4, -0.2) is 30.5 Å². The minimum absolute atomic E-state index is 0.150. The van der Waals surface area contributed by atoms with Gasteiger partial charge >= 0.3 is 5.97 Å². The molecule has 0 bridgehead atoms. The van der Waals surface area contributed by atoms with Gasteiger partial charge in [0.1, 0.15) is 0 Å². The van der Waals surface area contributed by atoms with E-state index >= 15 is 0 Å². The molecule has 1 unspecified atom stereocenters. The minimum Gasteiger partial charge on any atom is -0.465 e. The lowest BCUT2D eigenvalue weighted by atomic mass is 10.1. The summed E-state index contributed by atoms with van der Waals surface area (Å²) in [5.74, 6) is 0.234. The van der Waals surface area contributed by atoms with Crippen molar-refractivity contribution in [1.82, 2.24) is 5.43 Å². The van der Waals surface area contributed by atoms with Crippen molar-refractivity contribution in [3.05, 3.63) is 71.3 Å². The van der Waals surface area contributed by atoms with Crippen molar-refractivity contribution in [2.24, 2.45) is 5.10 Å². The normalized spacial score (nSPS) is 11.9. The lowest BCUT2D eigenvalue weighted by Crippen LogP contribution is -2.27. The highest BCUT2D eigenvalue weighted by atomic mass is 32.2. The zero-order valence-corrected chi connectivity index (χ0v) is 15.0. The van der Waals surface area contributed by atoms with Crippen molar-refractivity contribution in [1.29, 1.82) is 0 Å². The molecule has 0 aliphatic heterocycles. The number of hydrogen-bond donors (Lipinski definition) is 1. The van der Waals surface area contributed by atoms with Crippen LogP contribution in [0.5, 0.6) is 0 Å². The van der Waals surface area contributed by atoms with E-state index in [0.29, 0.717) is 5.56 Å². The quantitative estimate of drug-likeness (QED) is 0.470. The molecule has 0 aromatic heterocycles. The van der Waals surface area contributed by atoms with Crippen molar-refractivity contribution >= 4 is 29.9 Å². The summed E-state index contributed by atoms with van der Waals surface area (Å²) in [4.78, 5) is 23.4. The van der Waals surface area contributed by atoms with Crippen LogP contribution in [0.4, 0.5) is 0 Å². The van der Waals surface area contributed by atoms with Gasteiger partial charge in [-0.2, -0.15) is 5.10 Å². The number of nitrogens with zero attached hydrogens (tertiary/aromatic N) is 1. The lowest BCUT2D eigenvalue weighted by Gasteiger charge is -2.09. The zero-order valence-electron chi connectivity index (χ0n) is 14.1. The molecule has 1 amide bonds. The smallest absolute Gasteiger partial charge is 0.337 e. The summed E-state index contributed by atoms with van der Waals surface area (Å²) in [6.45, 7) is 1.85. The zero-order chi connectivity index (χ0) is 18.1. The first-order valence-electron chi connectivity index (χ1n) is 7.77. The number of nitrogens with one attached hydrogen (secondary N) is 1. The molecule has 25 heavy (non-hydrogen) atoms. The van der Waals surface area contributed by atoms with Gasteiger partial charge in [0, 0.05) is 5.75 Å². The van der Waals surface area contributed by atoms with Crippen LogP contribution in [0, 0.1) is 0 Å². The van der Waals surface area contributed by atoms with E-state index in [0.717, 1.165) is 11.3 Å². The van der Waals surface area contributed by atoms with Crippen LogP contribution < -0.4 is 5.43 Å². The van der Waals surface area contributed by atoms with Crippen molar-refractivity contribution in [3.8, 4) is 0 Å². The number of benzene rings is 2. The third-order valence-corrected chi connectivity index (χ3v) is 4.65. The molecule has 0 radical (unpaired) electrons. The van der Waals surface area contributed by atoms with E-state index in [1.165, 1.54) is 18.9 Å². The van der Waals surface area contributed by atoms with Crippen LogP contribution in [0.2, 0.25) is 0 Å². The minimum atomic E-state index is -0.388. The molecule has 0 aliphatic rings. The summed E-state index contributed by atoms with van der Waals surface area (Å²) in [5.41, 5.74) is 4.96. The van der Waals surface area contributed by atoms with E-state index in [4.69, 9.17) is 0 Å². The molecule has 1 atom stereocenters. The summed E-state index contributed by atoms with van der Waals surface area (Å²) in [5, 5.41) is 3.75. The molecule has 1 N–H and O–H groups in total. The molecule has 2 aromatic carbocycles. The van der Waals surface area contributed by atoms with Gasteiger partial charge in [-0.3, -0.25) is 4.79 Å². The first-order chi connectivity index (χ1) is 12.1. The standard InChI is InChI=1S/C19H20N2O3S/c1-14(25-13-16-6-4-3-5-7-16)18(22)21-20-12-15-8-10-17(11-9-15)19(23)24-2/h3-12,14H,13H2,1-2H3,(H,21,22). The molecule has 2 rings (SSSR count). The predicted octanol–water partition coefficient (Wildman–Crippen LogP) is 3.25. The van der Waals surface area contributed by atoms with Crippen LogP contribution >= 0.6 is 11.8 Å². The number of amides is 1. The predicted molar refractivity (Wildman–Crippen MR) is 101 cm³/mol. The van der Waals surface area contributed by atoms with Gasteiger partial charge in [-0.15, -0.1) is 11.8 Å². The Hall–Kier alpha value is -2.60. The van der Waals surface area contributed by atoms with Gasteiger partial charge in [0.25, 0.3) is 5.91 Å². The van der Waals surface area contributed by atoms with Crippen molar-refractivity contribution in [2.45, 2.75) is 17.9 Å². The molecule has 0 saturated heterocycles. The van der Waals surface area contributed by atoms with Gasteiger partial charge in [0.2, 0.25) is 0 Å². The summed E-state index contributed by atoms with van der Waals surface area (Å²) in [6, 6.07) is 16.8. The summed E-state index contributed by atoms with van der Waals surface area (Å²) in [7, 11) is 1.34. The summed E-state index contributed by atoms with van der Waals surface area (Å²) < 4.78 is 4.64. The van der Waals surface area contributed by atoms with E-state index in [9.17, 15) is 9.59 Å². The maximum atomic E-state index is 12.0. The fraction of sp³-hybridized carbons (Fsp3) is 0.211. The van der Waals surface area contributed by atoms with E-state index in [1.807, 2.05) is 37.3 Å². The Balaban J connectivity index is 1.80. The molecule has 0 heterocycles. The molecule has 2 aromatic rings. The second-order valence-electron chi connectivity index (χ2n) is 5.29. The highest BCUT2D eigenvalue weighted by Crippen LogP contribution is 2.17. The molecule has 5 nitrogen and oxygen atoms in total. The van der Waals surface area contributed by atoms with Gasteiger partial charge in [0.05, 0.1) is 24.1 Å². The maximum Gasteiger partial charge on any atom is 0.337 e. The molecule has 0 aliphatic carbocycles. The first kappa shape index (κ1) is 18.7. The Kier molecular flexibility index (Phi) is 7.22. The van der Waals surface area contributed by atoms with Crippen LogP contribution in [0.15, 0.2) is 59.7 Å². The van der Waals surface area contributed by atoms with Crippen molar-refractivity contribution < 1.29 is 14.3 Å². The number of thioether (sulfide) groups is 1. The highest BCUT2D eigenvalue weighted by molar-refractivity contribution is 7.99. The number of methoxy groups -OCH3 is 1. The first-order valence-corrected chi connectivity index (χ1v) is 8.82. The number of ether oxygens (including phenoxy) is 1. The topological polar surface area (TPSA) is 67.8 Å². The summed E-state index contributed by atoms with van der Waals surface area (Å²) in [6.07, 6.45) is 1.54. The fourth-order valence-corrected chi connectivity index (χ4v) is 2.79. The average Bonchev–Trinajstić information content (AvgIpc) is 2.66.